The quantitative estimate of drug-likeness (QED) is 0.752. The number of hydrogen-bond donors (Lipinski definition) is 0. The van der Waals surface area contributed by atoms with E-state index in [1.54, 1.807) is 17.0 Å². The van der Waals surface area contributed by atoms with E-state index in [1.807, 2.05) is 19.1 Å². The number of aromatic nitrogens is 1. The lowest BCUT2D eigenvalue weighted by Gasteiger charge is -2.33. The molecule has 1 fully saturated rings. The molecule has 0 spiro atoms. The topological polar surface area (TPSA) is 51.7 Å². The number of rotatable bonds is 5. The van der Waals surface area contributed by atoms with E-state index < -0.39 is 0 Å². The minimum absolute atomic E-state index is 0.0515. The minimum atomic E-state index is -0.129. The number of pyridine rings is 1. The number of carbonyl (C=O) groups is 1. The highest BCUT2D eigenvalue weighted by Gasteiger charge is 2.25. The summed E-state index contributed by atoms with van der Waals surface area (Å²) in [5, 5.41) is 0.333. The van der Waals surface area contributed by atoms with Crippen LogP contribution in [0.4, 0.5) is 0 Å². The van der Waals surface area contributed by atoms with Gasteiger partial charge in [-0.2, -0.15) is 0 Å². The number of amides is 1. The van der Waals surface area contributed by atoms with Gasteiger partial charge in [-0.15, -0.1) is 0 Å². The van der Waals surface area contributed by atoms with Gasteiger partial charge in [-0.3, -0.25) is 4.79 Å². The van der Waals surface area contributed by atoms with Crippen LogP contribution in [0.5, 0.6) is 0 Å². The van der Waals surface area contributed by atoms with Crippen LogP contribution in [-0.2, 0) is 16.1 Å². The molecule has 0 bridgehead atoms. The molecule has 2 heterocycles. The second-order valence-electron chi connectivity index (χ2n) is 6.57. The van der Waals surface area contributed by atoms with Crippen molar-refractivity contribution >= 4 is 17.5 Å². The van der Waals surface area contributed by atoms with E-state index in [1.165, 1.54) is 5.56 Å². The fraction of sp³-hybridized carbons (Fsp3) is 0.400. The highest BCUT2D eigenvalue weighted by Crippen LogP contribution is 2.16. The van der Waals surface area contributed by atoms with Crippen molar-refractivity contribution in [2.24, 2.45) is 0 Å². The van der Waals surface area contributed by atoms with Crippen molar-refractivity contribution in [1.82, 2.24) is 9.88 Å². The van der Waals surface area contributed by atoms with Crippen molar-refractivity contribution in [3.05, 3.63) is 63.9 Å². The van der Waals surface area contributed by atoms with Gasteiger partial charge in [0.1, 0.15) is 5.15 Å². The lowest BCUT2D eigenvalue weighted by atomic mass is 10.1. The predicted octanol–water partition coefficient (Wildman–Crippen LogP) is 3.41. The van der Waals surface area contributed by atoms with Crippen LogP contribution in [0.15, 0.2) is 36.4 Å². The third-order valence-corrected chi connectivity index (χ3v) is 4.44. The van der Waals surface area contributed by atoms with Crippen LogP contribution in [-0.4, -0.2) is 48.2 Å². The molecule has 0 radical (unpaired) electrons. The zero-order chi connectivity index (χ0) is 18.5. The molecule has 1 atom stereocenters. The number of carbonyl (C=O) groups excluding carboxylic acids is 1. The summed E-state index contributed by atoms with van der Waals surface area (Å²) in [5.74, 6) is -0.0515. The van der Waals surface area contributed by atoms with Crippen LogP contribution in [0.2, 0.25) is 5.15 Å². The number of nitrogens with zero attached hydrogens (tertiary/aromatic N) is 2. The van der Waals surface area contributed by atoms with Crippen LogP contribution in [0.25, 0.3) is 0 Å². The van der Waals surface area contributed by atoms with Gasteiger partial charge in [-0.25, -0.2) is 4.98 Å². The number of aryl methyl sites for hydroxylation is 2. The standard InChI is InChI=1S/C20H23ClN2O3/c1-14-4-3-5-16(8-14)12-25-13-18-11-23(6-7-26-18)20(24)17-9-15(2)22-19(21)10-17/h3-5,8-10,18H,6-7,11-13H2,1-2H3. The summed E-state index contributed by atoms with van der Waals surface area (Å²) >= 11 is 5.97. The Morgan fingerprint density at radius 3 is 2.96 bits per heavy atom. The summed E-state index contributed by atoms with van der Waals surface area (Å²) in [4.78, 5) is 18.6. The zero-order valence-corrected chi connectivity index (χ0v) is 15.8. The third kappa shape index (κ3) is 5.04. The molecular weight excluding hydrogens is 352 g/mol. The largest absolute Gasteiger partial charge is 0.374 e. The molecule has 1 aromatic heterocycles. The average molecular weight is 375 g/mol. The molecule has 26 heavy (non-hydrogen) atoms. The molecule has 1 aliphatic rings. The van der Waals surface area contributed by atoms with Crippen molar-refractivity contribution < 1.29 is 14.3 Å². The molecule has 3 rings (SSSR count). The maximum Gasteiger partial charge on any atom is 0.254 e. The Hall–Kier alpha value is -1.95. The molecule has 1 unspecified atom stereocenters. The molecule has 1 saturated heterocycles. The second-order valence-corrected chi connectivity index (χ2v) is 6.96. The number of benzene rings is 1. The molecule has 2 aromatic rings. The van der Waals surface area contributed by atoms with E-state index in [0.29, 0.717) is 43.6 Å². The zero-order valence-electron chi connectivity index (χ0n) is 15.1. The Bertz CT molecular complexity index is 761. The van der Waals surface area contributed by atoms with Gasteiger partial charge in [0.25, 0.3) is 5.91 Å². The maximum atomic E-state index is 12.7. The first-order chi connectivity index (χ1) is 12.5. The van der Waals surface area contributed by atoms with Crippen molar-refractivity contribution in [2.75, 3.05) is 26.3 Å². The summed E-state index contributed by atoms with van der Waals surface area (Å²) < 4.78 is 11.5. The van der Waals surface area contributed by atoms with Crippen molar-refractivity contribution in [1.29, 1.82) is 0 Å². The Morgan fingerprint density at radius 2 is 2.19 bits per heavy atom. The van der Waals surface area contributed by atoms with E-state index in [-0.39, 0.29) is 12.0 Å². The number of hydrogen-bond acceptors (Lipinski definition) is 4. The van der Waals surface area contributed by atoms with Crippen molar-refractivity contribution in [3.63, 3.8) is 0 Å². The third-order valence-electron chi connectivity index (χ3n) is 4.25. The average Bonchev–Trinajstić information content (AvgIpc) is 2.60. The molecule has 1 aliphatic heterocycles. The summed E-state index contributed by atoms with van der Waals surface area (Å²) in [6.45, 7) is 6.44. The lowest BCUT2D eigenvalue weighted by molar-refractivity contribution is -0.0647. The van der Waals surface area contributed by atoms with Crippen molar-refractivity contribution in [3.8, 4) is 0 Å². The van der Waals surface area contributed by atoms with E-state index >= 15 is 0 Å². The van der Waals surface area contributed by atoms with Crippen LogP contribution >= 0.6 is 11.6 Å². The lowest BCUT2D eigenvalue weighted by Crippen LogP contribution is -2.47. The molecule has 0 saturated carbocycles. The van der Waals surface area contributed by atoms with Gasteiger partial charge in [0, 0.05) is 24.3 Å². The normalized spacial score (nSPS) is 17.3. The summed E-state index contributed by atoms with van der Waals surface area (Å²) in [6.07, 6.45) is -0.129. The van der Waals surface area contributed by atoms with Crippen LogP contribution in [0.1, 0.15) is 27.2 Å². The number of halogens is 1. The van der Waals surface area contributed by atoms with E-state index in [2.05, 4.69) is 24.0 Å². The maximum absolute atomic E-state index is 12.7. The SMILES string of the molecule is Cc1cccc(COCC2CN(C(=O)c3cc(C)nc(Cl)c3)CCO2)c1. The smallest absolute Gasteiger partial charge is 0.254 e. The summed E-state index contributed by atoms with van der Waals surface area (Å²) in [5.41, 5.74) is 3.63. The van der Waals surface area contributed by atoms with E-state index in [4.69, 9.17) is 21.1 Å². The molecule has 138 valence electrons. The molecular formula is C20H23ClN2O3. The van der Waals surface area contributed by atoms with Gasteiger partial charge in [0.05, 0.1) is 25.9 Å². The highest BCUT2D eigenvalue weighted by molar-refractivity contribution is 6.29. The predicted molar refractivity (Wildman–Crippen MR) is 100 cm³/mol. The Morgan fingerprint density at radius 1 is 1.35 bits per heavy atom. The second kappa shape index (κ2) is 8.62. The Balaban J connectivity index is 1.54. The molecule has 0 aliphatic carbocycles. The van der Waals surface area contributed by atoms with Crippen molar-refractivity contribution in [2.45, 2.75) is 26.6 Å². The van der Waals surface area contributed by atoms with Gasteiger partial charge >= 0.3 is 0 Å². The highest BCUT2D eigenvalue weighted by atomic mass is 35.5. The number of ether oxygens (including phenoxy) is 2. The Labute approximate surface area is 158 Å². The monoisotopic (exact) mass is 374 g/mol. The molecule has 5 nitrogen and oxygen atoms in total. The van der Waals surface area contributed by atoms with Gasteiger partial charge in [-0.1, -0.05) is 41.4 Å². The molecule has 6 heteroatoms. The summed E-state index contributed by atoms with van der Waals surface area (Å²) in [6, 6.07) is 11.6. The first-order valence-electron chi connectivity index (χ1n) is 8.69. The molecule has 1 amide bonds. The number of morpholine rings is 1. The van der Waals surface area contributed by atoms with Crippen LogP contribution in [0.3, 0.4) is 0 Å². The molecule has 0 N–H and O–H groups in total. The van der Waals surface area contributed by atoms with Gasteiger partial charge in [-0.05, 0) is 31.5 Å². The first-order valence-corrected chi connectivity index (χ1v) is 9.07. The van der Waals surface area contributed by atoms with Gasteiger partial charge in [0.15, 0.2) is 0 Å². The fourth-order valence-corrected chi connectivity index (χ4v) is 3.30. The van der Waals surface area contributed by atoms with Crippen LogP contribution in [0, 0.1) is 13.8 Å². The fourth-order valence-electron chi connectivity index (χ4n) is 3.05. The van der Waals surface area contributed by atoms with Gasteiger partial charge < -0.3 is 14.4 Å². The Kier molecular flexibility index (Phi) is 6.25. The van der Waals surface area contributed by atoms with E-state index in [9.17, 15) is 4.79 Å². The van der Waals surface area contributed by atoms with E-state index in [0.717, 1.165) is 11.3 Å². The minimum Gasteiger partial charge on any atom is -0.374 e. The molecule has 1 aromatic carbocycles. The summed E-state index contributed by atoms with van der Waals surface area (Å²) in [7, 11) is 0. The van der Waals surface area contributed by atoms with Crippen LogP contribution < -0.4 is 0 Å². The van der Waals surface area contributed by atoms with Gasteiger partial charge in [0.2, 0.25) is 0 Å². The first kappa shape index (κ1) is 18.8.